The fourth-order valence-electron chi connectivity index (χ4n) is 3.85. The number of amides is 1. The molecule has 1 aliphatic heterocycles. The summed E-state index contributed by atoms with van der Waals surface area (Å²) in [6, 6.07) is 16.2. The molecule has 0 bridgehead atoms. The number of carbonyl (C=O) groups excluding carboxylic acids is 2. The van der Waals surface area contributed by atoms with Crippen molar-refractivity contribution in [1.82, 2.24) is 15.7 Å². The lowest BCUT2D eigenvalue weighted by atomic mass is 10.0. The molecule has 2 aromatic carbocycles. The number of hydroxylamine groups is 1. The molecule has 2 aromatic rings. The van der Waals surface area contributed by atoms with Crippen molar-refractivity contribution in [3.8, 4) is 0 Å². The molecule has 0 aliphatic carbocycles. The molecule has 6 heteroatoms. The van der Waals surface area contributed by atoms with Gasteiger partial charge in [0.25, 0.3) is 5.91 Å². The van der Waals surface area contributed by atoms with Crippen LogP contribution in [0.4, 0.5) is 0 Å². The standard InChI is InChI=1S/C25H29N3O3/c1-18-15-28(16-19(2)26-18)17-22-6-10-23(11-7-22)24(29)12-8-20-4-3-5-21(14-20)9-13-25(30)27-31/h3-14,18-19,26,31H,15-17H2,1-2H3,(H,27,30)/b12-8+,13-9+/t18-,19+. The van der Waals surface area contributed by atoms with E-state index >= 15 is 0 Å². The highest BCUT2D eigenvalue weighted by Crippen LogP contribution is 2.13. The van der Waals surface area contributed by atoms with Gasteiger partial charge in [0, 0.05) is 43.4 Å². The highest BCUT2D eigenvalue weighted by molar-refractivity contribution is 6.06. The number of hydrogen-bond donors (Lipinski definition) is 3. The van der Waals surface area contributed by atoms with E-state index < -0.39 is 5.91 Å². The zero-order valence-electron chi connectivity index (χ0n) is 17.9. The zero-order valence-corrected chi connectivity index (χ0v) is 17.9. The van der Waals surface area contributed by atoms with E-state index in [1.807, 2.05) is 48.5 Å². The largest absolute Gasteiger partial charge is 0.309 e. The minimum Gasteiger partial charge on any atom is -0.309 e. The van der Waals surface area contributed by atoms with Crippen molar-refractivity contribution in [2.75, 3.05) is 13.1 Å². The lowest BCUT2D eigenvalue weighted by Crippen LogP contribution is -2.53. The van der Waals surface area contributed by atoms with Gasteiger partial charge in [-0.15, -0.1) is 0 Å². The molecule has 162 valence electrons. The number of allylic oxidation sites excluding steroid dienone is 1. The molecule has 0 saturated carbocycles. The van der Waals surface area contributed by atoms with Gasteiger partial charge in [-0.3, -0.25) is 19.7 Å². The number of nitrogens with one attached hydrogen (secondary N) is 2. The molecule has 1 fully saturated rings. The summed E-state index contributed by atoms with van der Waals surface area (Å²) in [5, 5.41) is 12.1. The predicted molar refractivity (Wildman–Crippen MR) is 123 cm³/mol. The molecular weight excluding hydrogens is 390 g/mol. The van der Waals surface area contributed by atoms with Crippen LogP contribution >= 0.6 is 0 Å². The minimum absolute atomic E-state index is 0.0587. The Bertz CT molecular complexity index is 956. The summed E-state index contributed by atoms with van der Waals surface area (Å²) in [7, 11) is 0. The first kappa shape index (κ1) is 22.6. The maximum atomic E-state index is 12.5. The van der Waals surface area contributed by atoms with E-state index in [-0.39, 0.29) is 5.78 Å². The Morgan fingerprint density at radius 2 is 1.65 bits per heavy atom. The second-order valence-corrected chi connectivity index (χ2v) is 8.04. The Hall–Kier alpha value is -3.06. The highest BCUT2D eigenvalue weighted by atomic mass is 16.5. The Morgan fingerprint density at radius 1 is 1.03 bits per heavy atom. The van der Waals surface area contributed by atoms with Gasteiger partial charge in [-0.25, -0.2) is 5.48 Å². The van der Waals surface area contributed by atoms with Crippen LogP contribution in [0.15, 0.2) is 60.7 Å². The Balaban J connectivity index is 1.60. The number of rotatable bonds is 7. The van der Waals surface area contributed by atoms with Crippen molar-refractivity contribution in [1.29, 1.82) is 0 Å². The fourth-order valence-corrected chi connectivity index (χ4v) is 3.85. The Kier molecular flexibility index (Phi) is 7.89. The number of hydrogen-bond acceptors (Lipinski definition) is 5. The average Bonchev–Trinajstić information content (AvgIpc) is 2.76. The van der Waals surface area contributed by atoms with Crippen LogP contribution in [0.5, 0.6) is 0 Å². The number of benzene rings is 2. The zero-order chi connectivity index (χ0) is 22.2. The maximum absolute atomic E-state index is 12.5. The van der Waals surface area contributed by atoms with E-state index in [2.05, 4.69) is 24.1 Å². The van der Waals surface area contributed by atoms with Gasteiger partial charge in [0.05, 0.1) is 0 Å². The molecule has 1 saturated heterocycles. The first-order valence-corrected chi connectivity index (χ1v) is 10.4. The van der Waals surface area contributed by atoms with Crippen molar-refractivity contribution in [3.63, 3.8) is 0 Å². The maximum Gasteiger partial charge on any atom is 0.267 e. The molecule has 1 heterocycles. The lowest BCUT2D eigenvalue weighted by Gasteiger charge is -2.36. The predicted octanol–water partition coefficient (Wildman–Crippen LogP) is 3.28. The number of nitrogens with zero attached hydrogens (tertiary/aromatic N) is 1. The normalized spacial score (nSPS) is 19.7. The summed E-state index contributed by atoms with van der Waals surface area (Å²) in [6.07, 6.45) is 6.13. The SMILES string of the molecule is C[C@@H]1CN(Cc2ccc(C(=O)/C=C/c3cccc(/C=C/C(=O)NO)c3)cc2)C[C@H](C)N1. The topological polar surface area (TPSA) is 81.7 Å². The average molecular weight is 420 g/mol. The first-order chi connectivity index (χ1) is 14.9. The molecule has 0 unspecified atom stereocenters. The van der Waals surface area contributed by atoms with Crippen LogP contribution in [0.3, 0.4) is 0 Å². The van der Waals surface area contributed by atoms with Gasteiger partial charge in [-0.2, -0.15) is 0 Å². The van der Waals surface area contributed by atoms with Gasteiger partial charge in [0.1, 0.15) is 0 Å². The van der Waals surface area contributed by atoms with Crippen molar-refractivity contribution in [3.05, 3.63) is 82.9 Å². The van der Waals surface area contributed by atoms with E-state index in [0.717, 1.165) is 30.8 Å². The van der Waals surface area contributed by atoms with Crippen molar-refractivity contribution in [2.45, 2.75) is 32.5 Å². The molecule has 0 aromatic heterocycles. The molecule has 3 rings (SSSR count). The van der Waals surface area contributed by atoms with Crippen LogP contribution in [0, 0.1) is 0 Å². The highest BCUT2D eigenvalue weighted by Gasteiger charge is 2.20. The van der Waals surface area contributed by atoms with Gasteiger partial charge in [-0.1, -0.05) is 48.5 Å². The van der Waals surface area contributed by atoms with Crippen LogP contribution in [0.2, 0.25) is 0 Å². The van der Waals surface area contributed by atoms with Crippen LogP contribution in [-0.4, -0.2) is 47.0 Å². The van der Waals surface area contributed by atoms with Crippen LogP contribution < -0.4 is 10.8 Å². The lowest BCUT2D eigenvalue weighted by molar-refractivity contribution is -0.124. The van der Waals surface area contributed by atoms with Crippen LogP contribution in [-0.2, 0) is 11.3 Å². The molecule has 6 nitrogen and oxygen atoms in total. The van der Waals surface area contributed by atoms with E-state index in [1.54, 1.807) is 23.7 Å². The third-order valence-corrected chi connectivity index (χ3v) is 5.15. The van der Waals surface area contributed by atoms with E-state index in [4.69, 9.17) is 5.21 Å². The first-order valence-electron chi connectivity index (χ1n) is 10.4. The molecule has 2 atom stereocenters. The van der Waals surface area contributed by atoms with Gasteiger partial charge < -0.3 is 5.32 Å². The van der Waals surface area contributed by atoms with E-state index in [0.29, 0.717) is 17.6 Å². The molecule has 1 amide bonds. The van der Waals surface area contributed by atoms with Gasteiger partial charge in [0.15, 0.2) is 5.78 Å². The van der Waals surface area contributed by atoms with E-state index in [9.17, 15) is 9.59 Å². The van der Waals surface area contributed by atoms with Gasteiger partial charge >= 0.3 is 0 Å². The second kappa shape index (κ2) is 10.8. The number of piperazine rings is 1. The molecule has 0 spiro atoms. The number of carbonyl (C=O) groups is 2. The fraction of sp³-hybridized carbons (Fsp3) is 0.280. The summed E-state index contributed by atoms with van der Waals surface area (Å²) in [5.41, 5.74) is 5.04. The Morgan fingerprint density at radius 3 is 2.26 bits per heavy atom. The summed E-state index contributed by atoms with van der Waals surface area (Å²) < 4.78 is 0. The smallest absolute Gasteiger partial charge is 0.267 e. The summed E-state index contributed by atoms with van der Waals surface area (Å²) in [6.45, 7) is 7.33. The van der Waals surface area contributed by atoms with E-state index in [1.165, 1.54) is 11.6 Å². The summed E-state index contributed by atoms with van der Waals surface area (Å²) in [4.78, 5) is 26.1. The molecule has 3 N–H and O–H groups in total. The monoisotopic (exact) mass is 419 g/mol. The van der Waals surface area contributed by atoms with Crippen molar-refractivity contribution < 1.29 is 14.8 Å². The third-order valence-electron chi connectivity index (χ3n) is 5.15. The molecular formula is C25H29N3O3. The van der Waals surface area contributed by atoms with Gasteiger partial charge in [-0.05, 0) is 48.8 Å². The van der Waals surface area contributed by atoms with Gasteiger partial charge in [0.2, 0.25) is 0 Å². The summed E-state index contributed by atoms with van der Waals surface area (Å²) in [5.74, 6) is -0.655. The second-order valence-electron chi connectivity index (χ2n) is 8.04. The van der Waals surface area contributed by atoms with Crippen LogP contribution in [0.25, 0.3) is 12.2 Å². The number of ketones is 1. The van der Waals surface area contributed by atoms with Crippen molar-refractivity contribution >= 4 is 23.8 Å². The molecule has 0 radical (unpaired) electrons. The Labute approximate surface area is 183 Å². The van der Waals surface area contributed by atoms with Crippen molar-refractivity contribution in [2.24, 2.45) is 0 Å². The third kappa shape index (κ3) is 7.00. The summed E-state index contributed by atoms with van der Waals surface area (Å²) >= 11 is 0. The minimum atomic E-state index is -0.597. The quantitative estimate of drug-likeness (QED) is 0.278. The van der Waals surface area contributed by atoms with Crippen LogP contribution in [0.1, 0.15) is 40.9 Å². The molecule has 1 aliphatic rings. The molecule has 31 heavy (non-hydrogen) atoms.